The monoisotopic (exact) mass is 674 g/mol. The summed E-state index contributed by atoms with van der Waals surface area (Å²) in [5, 5.41) is 10.5. The Morgan fingerprint density at radius 2 is 1.04 bits per heavy atom. The molecule has 0 amide bonds. The molecule has 1 aliphatic rings. The number of anilines is 2. The normalized spacial score (nSPS) is 13.7. The summed E-state index contributed by atoms with van der Waals surface area (Å²) in [6.45, 7) is 0. The fraction of sp³-hybridized carbons (Fsp3) is 0.0435. The van der Waals surface area contributed by atoms with Gasteiger partial charge in [-0.25, -0.2) is 0 Å². The Labute approximate surface area is 297 Å². The standard InChI is InChI=1S/C46H30N2S2/c1-2-10-30-26-42-39(25-29(30)9-1)35-11-3-6-14-41(35)48(42)32-19-17-31(18-20-32)47(33-22-24-45-40(27-33)37-13-5-8-16-44(37)49-45)34-21-23-38-36-12-4-7-15-43(36)50-46(38)28-34/h1-17,19,21-28H,18,20H2. The number of fused-ring (bicyclic) bond motifs is 10. The summed E-state index contributed by atoms with van der Waals surface area (Å²) in [7, 11) is 0. The molecule has 0 atom stereocenters. The first-order chi connectivity index (χ1) is 24.8. The lowest BCUT2D eigenvalue weighted by Crippen LogP contribution is -2.18. The van der Waals surface area contributed by atoms with E-state index in [2.05, 4.69) is 167 Å². The molecule has 2 nitrogen and oxygen atoms in total. The van der Waals surface area contributed by atoms with E-state index < -0.39 is 0 Å². The molecular formula is C46H30N2S2. The SMILES string of the molecule is C1=C(N(c2ccc3c(c2)sc2ccccc23)c2ccc3sc4ccccc4c3c2)CCC(n2c3ccccc3c3cc4ccccc4cc32)=C1. The Balaban J connectivity index is 1.10. The molecule has 0 fully saturated rings. The van der Waals surface area contributed by atoms with E-state index in [-0.39, 0.29) is 0 Å². The maximum atomic E-state index is 2.50. The molecule has 4 heteroatoms. The third-order valence-corrected chi connectivity index (χ3v) is 12.7. The summed E-state index contributed by atoms with van der Waals surface area (Å²) in [5.41, 5.74) is 7.58. The van der Waals surface area contributed by atoms with Crippen LogP contribution in [0.3, 0.4) is 0 Å². The molecule has 3 heterocycles. The van der Waals surface area contributed by atoms with E-state index in [0.29, 0.717) is 0 Å². The molecule has 0 unspecified atom stereocenters. The smallest absolute Gasteiger partial charge is 0.0544 e. The first-order valence-corrected chi connectivity index (χ1v) is 18.8. The van der Waals surface area contributed by atoms with Crippen LogP contribution < -0.4 is 4.90 Å². The van der Waals surface area contributed by atoms with Gasteiger partial charge in [0.05, 0.1) is 11.0 Å². The van der Waals surface area contributed by atoms with Crippen molar-refractivity contribution in [1.82, 2.24) is 4.57 Å². The second-order valence-electron chi connectivity index (χ2n) is 13.3. The van der Waals surface area contributed by atoms with Crippen LogP contribution in [-0.4, -0.2) is 4.57 Å². The molecule has 0 spiro atoms. The second kappa shape index (κ2) is 10.9. The Bertz CT molecular complexity index is 3060. The molecule has 0 saturated carbocycles. The van der Waals surface area contributed by atoms with Gasteiger partial charge in [-0.2, -0.15) is 0 Å². The number of allylic oxidation sites excluding steroid dienone is 4. The summed E-state index contributed by atoms with van der Waals surface area (Å²) < 4.78 is 7.82. The fourth-order valence-corrected chi connectivity index (χ4v) is 10.4. The number of hydrogen-bond acceptors (Lipinski definition) is 3. The number of nitrogens with zero attached hydrogens (tertiary/aromatic N) is 2. The lowest BCUT2D eigenvalue weighted by Gasteiger charge is -2.30. The van der Waals surface area contributed by atoms with Gasteiger partial charge in [0.1, 0.15) is 0 Å². The molecule has 0 bridgehead atoms. The summed E-state index contributed by atoms with van der Waals surface area (Å²) in [6.07, 6.45) is 6.60. The predicted octanol–water partition coefficient (Wildman–Crippen LogP) is 14.0. The summed E-state index contributed by atoms with van der Waals surface area (Å²) >= 11 is 3.76. The lowest BCUT2D eigenvalue weighted by molar-refractivity contribution is 0.896. The van der Waals surface area contributed by atoms with Crippen molar-refractivity contribution in [2.24, 2.45) is 0 Å². The average Bonchev–Trinajstić information content (AvgIpc) is 3.83. The fourth-order valence-electron chi connectivity index (χ4n) is 8.14. The van der Waals surface area contributed by atoms with Gasteiger partial charge < -0.3 is 9.47 Å². The van der Waals surface area contributed by atoms with E-state index in [9.17, 15) is 0 Å². The third-order valence-electron chi connectivity index (χ3n) is 10.5. The Kier molecular flexibility index (Phi) is 6.15. The van der Waals surface area contributed by atoms with Crippen molar-refractivity contribution in [2.45, 2.75) is 12.8 Å². The quantitative estimate of drug-likeness (QED) is 0.180. The van der Waals surface area contributed by atoms with Crippen molar-refractivity contribution >= 4 is 113 Å². The van der Waals surface area contributed by atoms with Crippen molar-refractivity contribution in [2.75, 3.05) is 4.90 Å². The zero-order valence-corrected chi connectivity index (χ0v) is 28.8. The van der Waals surface area contributed by atoms with Crippen LogP contribution in [0.15, 0.2) is 163 Å². The topological polar surface area (TPSA) is 8.17 Å². The highest BCUT2D eigenvalue weighted by atomic mass is 32.1. The van der Waals surface area contributed by atoms with Crippen LogP contribution in [0.25, 0.3) is 78.6 Å². The molecule has 0 radical (unpaired) electrons. The van der Waals surface area contributed by atoms with Crippen molar-refractivity contribution in [3.63, 3.8) is 0 Å². The molecule has 0 aliphatic heterocycles. The minimum absolute atomic E-state index is 0.931. The zero-order chi connectivity index (χ0) is 32.8. The van der Waals surface area contributed by atoms with Crippen molar-refractivity contribution < 1.29 is 0 Å². The van der Waals surface area contributed by atoms with Gasteiger partial charge in [0, 0.05) is 73.9 Å². The van der Waals surface area contributed by atoms with Gasteiger partial charge in [-0.1, -0.05) is 84.9 Å². The molecule has 50 heavy (non-hydrogen) atoms. The lowest BCUT2D eigenvalue weighted by atomic mass is 10.0. The zero-order valence-electron chi connectivity index (χ0n) is 27.1. The molecule has 236 valence electrons. The second-order valence-corrected chi connectivity index (χ2v) is 15.4. The van der Waals surface area contributed by atoms with Gasteiger partial charge >= 0.3 is 0 Å². The maximum absolute atomic E-state index is 2.50. The number of rotatable bonds is 4. The average molecular weight is 675 g/mol. The van der Waals surface area contributed by atoms with Crippen molar-refractivity contribution in [3.05, 3.63) is 163 Å². The number of aromatic nitrogens is 1. The van der Waals surface area contributed by atoms with Gasteiger partial charge in [-0.15, -0.1) is 22.7 Å². The van der Waals surface area contributed by atoms with Gasteiger partial charge in [0.15, 0.2) is 0 Å². The van der Waals surface area contributed by atoms with Crippen LogP contribution in [0.2, 0.25) is 0 Å². The van der Waals surface area contributed by atoms with Crippen LogP contribution in [0.5, 0.6) is 0 Å². The van der Waals surface area contributed by atoms with E-state index in [4.69, 9.17) is 0 Å². The van der Waals surface area contributed by atoms with Crippen LogP contribution in [-0.2, 0) is 0 Å². The number of hydrogen-bond donors (Lipinski definition) is 0. The molecular weight excluding hydrogens is 645 g/mol. The highest BCUT2D eigenvalue weighted by molar-refractivity contribution is 7.26. The minimum Gasteiger partial charge on any atom is -0.314 e. The summed E-state index contributed by atoms with van der Waals surface area (Å²) in [6, 6.07) is 53.9. The van der Waals surface area contributed by atoms with Crippen LogP contribution >= 0.6 is 22.7 Å². The van der Waals surface area contributed by atoms with Gasteiger partial charge in [0.2, 0.25) is 0 Å². The Hall–Kier alpha value is -5.68. The predicted molar refractivity (Wildman–Crippen MR) is 219 cm³/mol. The molecule has 11 rings (SSSR count). The third kappa shape index (κ3) is 4.25. The summed E-state index contributed by atoms with van der Waals surface area (Å²) in [4.78, 5) is 2.50. The van der Waals surface area contributed by atoms with E-state index in [1.165, 1.54) is 95.7 Å². The highest BCUT2D eigenvalue weighted by Crippen LogP contribution is 2.44. The van der Waals surface area contributed by atoms with Gasteiger partial charge in [-0.3, -0.25) is 0 Å². The van der Waals surface area contributed by atoms with Crippen molar-refractivity contribution in [1.29, 1.82) is 0 Å². The Morgan fingerprint density at radius 1 is 0.420 bits per heavy atom. The Morgan fingerprint density at radius 3 is 1.84 bits per heavy atom. The number of para-hydroxylation sites is 1. The summed E-state index contributed by atoms with van der Waals surface area (Å²) in [5.74, 6) is 0. The van der Waals surface area contributed by atoms with Crippen LogP contribution in [0, 0.1) is 0 Å². The first kappa shape index (κ1) is 28.2. The molecule has 7 aromatic carbocycles. The molecule has 0 saturated heterocycles. The molecule has 3 aromatic heterocycles. The molecule has 0 N–H and O–H groups in total. The van der Waals surface area contributed by atoms with Gasteiger partial charge in [0.25, 0.3) is 0 Å². The molecule has 10 aromatic rings. The van der Waals surface area contributed by atoms with Crippen LogP contribution in [0.4, 0.5) is 11.4 Å². The molecule has 1 aliphatic carbocycles. The number of thiophene rings is 2. The maximum Gasteiger partial charge on any atom is 0.0544 e. The highest BCUT2D eigenvalue weighted by Gasteiger charge is 2.22. The van der Waals surface area contributed by atoms with Crippen LogP contribution in [0.1, 0.15) is 12.8 Å². The van der Waals surface area contributed by atoms with Crippen molar-refractivity contribution in [3.8, 4) is 0 Å². The minimum atomic E-state index is 0.931. The number of benzene rings is 7. The van der Waals surface area contributed by atoms with E-state index in [1.807, 2.05) is 22.7 Å². The largest absolute Gasteiger partial charge is 0.314 e. The van der Waals surface area contributed by atoms with Gasteiger partial charge in [-0.05, 0) is 96.4 Å². The van der Waals surface area contributed by atoms with E-state index in [1.54, 1.807) is 0 Å². The first-order valence-electron chi connectivity index (χ1n) is 17.2. The van der Waals surface area contributed by atoms with E-state index in [0.717, 1.165) is 12.8 Å². The van der Waals surface area contributed by atoms with E-state index >= 15 is 0 Å².